The molecule has 5 heteroatoms. The number of nitrogens with two attached hydrogens (primary N) is 1. The lowest BCUT2D eigenvalue weighted by Gasteiger charge is -2.27. The Morgan fingerprint density at radius 2 is 1.84 bits per heavy atom. The maximum atomic E-state index is 6.16. The molecule has 2 unspecified atom stereocenters. The van der Waals surface area contributed by atoms with E-state index in [1.807, 2.05) is 18.2 Å². The second kappa shape index (κ2) is 8.08. The van der Waals surface area contributed by atoms with E-state index in [1.165, 1.54) is 11.1 Å². The van der Waals surface area contributed by atoms with Crippen molar-refractivity contribution in [2.24, 2.45) is 10.7 Å². The maximum Gasteiger partial charge on any atom is 0.189 e. The predicted octanol–water partition coefficient (Wildman–Crippen LogP) is 3.76. The minimum absolute atomic E-state index is 0. The first-order valence-electron chi connectivity index (χ1n) is 8.67. The fourth-order valence-electron chi connectivity index (χ4n) is 3.76. The van der Waals surface area contributed by atoms with Crippen molar-refractivity contribution in [2.45, 2.75) is 31.2 Å². The van der Waals surface area contributed by atoms with Gasteiger partial charge in [-0.15, -0.1) is 24.0 Å². The quantitative estimate of drug-likeness (QED) is 0.426. The third-order valence-electron chi connectivity index (χ3n) is 5.02. The van der Waals surface area contributed by atoms with Crippen LogP contribution in [0.5, 0.6) is 5.75 Å². The van der Waals surface area contributed by atoms with Crippen molar-refractivity contribution in [3.05, 3.63) is 65.2 Å². The van der Waals surface area contributed by atoms with Crippen LogP contribution in [-0.2, 0) is 6.42 Å². The van der Waals surface area contributed by atoms with E-state index in [4.69, 9.17) is 10.5 Å². The van der Waals surface area contributed by atoms with E-state index in [9.17, 15) is 0 Å². The van der Waals surface area contributed by atoms with Crippen LogP contribution in [0.3, 0.4) is 0 Å². The molecule has 0 aromatic heterocycles. The SMILES string of the molecule is I.NC(=NCC1CCc2ccccc21)NC1CCOc2ccccc21. The fraction of sp³-hybridized carbons (Fsp3) is 0.350. The van der Waals surface area contributed by atoms with Crippen LogP contribution in [0.2, 0.25) is 0 Å². The summed E-state index contributed by atoms with van der Waals surface area (Å²) in [5.74, 6) is 1.96. The molecule has 25 heavy (non-hydrogen) atoms. The minimum atomic E-state index is 0. The van der Waals surface area contributed by atoms with Crippen LogP contribution in [0.1, 0.15) is 41.5 Å². The third-order valence-corrected chi connectivity index (χ3v) is 5.02. The van der Waals surface area contributed by atoms with Crippen LogP contribution in [-0.4, -0.2) is 19.1 Å². The second-order valence-electron chi connectivity index (χ2n) is 6.53. The summed E-state index contributed by atoms with van der Waals surface area (Å²) < 4.78 is 5.69. The molecule has 4 nitrogen and oxygen atoms in total. The molecule has 0 amide bonds. The monoisotopic (exact) mass is 449 g/mol. The van der Waals surface area contributed by atoms with Gasteiger partial charge in [0, 0.05) is 24.4 Å². The highest BCUT2D eigenvalue weighted by molar-refractivity contribution is 14.0. The average Bonchev–Trinajstić information content (AvgIpc) is 3.04. The van der Waals surface area contributed by atoms with Gasteiger partial charge < -0.3 is 15.8 Å². The molecule has 3 N–H and O–H groups in total. The number of benzene rings is 2. The lowest BCUT2D eigenvalue weighted by atomic mass is 10.0. The molecule has 2 aliphatic rings. The Hall–Kier alpha value is -1.76. The van der Waals surface area contributed by atoms with Crippen LogP contribution in [0.15, 0.2) is 53.5 Å². The highest BCUT2D eigenvalue weighted by Crippen LogP contribution is 2.33. The first-order valence-corrected chi connectivity index (χ1v) is 8.67. The number of nitrogens with zero attached hydrogens (tertiary/aromatic N) is 1. The zero-order valence-electron chi connectivity index (χ0n) is 14.2. The number of rotatable bonds is 3. The number of ether oxygens (including phenoxy) is 1. The summed E-state index contributed by atoms with van der Waals surface area (Å²) in [5.41, 5.74) is 10.2. The maximum absolute atomic E-state index is 6.16. The van der Waals surface area contributed by atoms with E-state index >= 15 is 0 Å². The molecule has 0 spiro atoms. The summed E-state index contributed by atoms with van der Waals surface area (Å²) in [4.78, 5) is 4.61. The van der Waals surface area contributed by atoms with Gasteiger partial charge in [0.05, 0.1) is 12.6 Å². The van der Waals surface area contributed by atoms with Gasteiger partial charge in [0.1, 0.15) is 5.75 Å². The molecule has 1 aliphatic heterocycles. The van der Waals surface area contributed by atoms with Crippen LogP contribution in [0.25, 0.3) is 0 Å². The van der Waals surface area contributed by atoms with Gasteiger partial charge in [-0.25, -0.2) is 0 Å². The number of guanidine groups is 1. The van der Waals surface area contributed by atoms with Crippen LogP contribution in [0, 0.1) is 0 Å². The number of halogens is 1. The largest absolute Gasteiger partial charge is 0.493 e. The minimum Gasteiger partial charge on any atom is -0.493 e. The van der Waals surface area contributed by atoms with Gasteiger partial charge in [0.15, 0.2) is 5.96 Å². The fourth-order valence-corrected chi connectivity index (χ4v) is 3.76. The van der Waals surface area contributed by atoms with Gasteiger partial charge in [-0.1, -0.05) is 42.5 Å². The van der Waals surface area contributed by atoms with E-state index in [2.05, 4.69) is 40.6 Å². The number of hydrogen-bond acceptors (Lipinski definition) is 2. The van der Waals surface area contributed by atoms with Gasteiger partial charge in [-0.2, -0.15) is 0 Å². The van der Waals surface area contributed by atoms with E-state index < -0.39 is 0 Å². The summed E-state index contributed by atoms with van der Waals surface area (Å²) >= 11 is 0. The molecule has 0 saturated carbocycles. The smallest absolute Gasteiger partial charge is 0.189 e. The molecule has 4 rings (SSSR count). The van der Waals surface area contributed by atoms with E-state index in [1.54, 1.807) is 0 Å². The molecule has 0 saturated heterocycles. The van der Waals surface area contributed by atoms with Gasteiger partial charge in [-0.05, 0) is 30.0 Å². The Morgan fingerprint density at radius 3 is 2.72 bits per heavy atom. The number of aryl methyl sites for hydroxylation is 1. The van der Waals surface area contributed by atoms with Gasteiger partial charge in [0.2, 0.25) is 0 Å². The van der Waals surface area contributed by atoms with Crippen molar-refractivity contribution >= 4 is 29.9 Å². The Morgan fingerprint density at radius 1 is 1.08 bits per heavy atom. The molecule has 2 aromatic carbocycles. The summed E-state index contributed by atoms with van der Waals surface area (Å²) in [6.45, 7) is 1.46. The van der Waals surface area contributed by atoms with Crippen molar-refractivity contribution in [1.29, 1.82) is 0 Å². The molecule has 1 aliphatic carbocycles. The van der Waals surface area contributed by atoms with Crippen molar-refractivity contribution in [2.75, 3.05) is 13.2 Å². The van der Waals surface area contributed by atoms with E-state index in [0.717, 1.165) is 37.1 Å². The zero-order valence-corrected chi connectivity index (χ0v) is 16.5. The highest BCUT2D eigenvalue weighted by atomic mass is 127. The van der Waals surface area contributed by atoms with Gasteiger partial charge >= 0.3 is 0 Å². The zero-order chi connectivity index (χ0) is 16.4. The molecule has 132 valence electrons. The Bertz CT molecular complexity index is 762. The molecule has 1 heterocycles. The number of aliphatic imine (C=N–C) groups is 1. The molecule has 2 aromatic rings. The molecule has 0 fully saturated rings. The molecular formula is C20H24IN3O. The lowest BCUT2D eigenvalue weighted by molar-refractivity contribution is 0.262. The van der Waals surface area contributed by atoms with Crippen LogP contribution >= 0.6 is 24.0 Å². The van der Waals surface area contributed by atoms with Crippen LogP contribution in [0.4, 0.5) is 0 Å². The summed E-state index contributed by atoms with van der Waals surface area (Å²) in [7, 11) is 0. The summed E-state index contributed by atoms with van der Waals surface area (Å²) in [6.07, 6.45) is 3.22. The van der Waals surface area contributed by atoms with E-state index in [-0.39, 0.29) is 30.0 Å². The first-order chi connectivity index (χ1) is 11.8. The summed E-state index contributed by atoms with van der Waals surface area (Å²) in [5, 5.41) is 3.37. The second-order valence-corrected chi connectivity index (χ2v) is 6.53. The van der Waals surface area contributed by atoms with Crippen molar-refractivity contribution in [1.82, 2.24) is 5.32 Å². The molecular weight excluding hydrogens is 425 g/mol. The molecule has 0 bridgehead atoms. The first kappa shape index (κ1) is 18.0. The Kier molecular flexibility index (Phi) is 5.83. The number of para-hydroxylation sites is 1. The molecule has 2 atom stereocenters. The number of fused-ring (bicyclic) bond motifs is 2. The Balaban J connectivity index is 0.00000182. The van der Waals surface area contributed by atoms with Crippen molar-refractivity contribution in [3.8, 4) is 5.75 Å². The normalized spacial score (nSPS) is 21.5. The van der Waals surface area contributed by atoms with Crippen molar-refractivity contribution in [3.63, 3.8) is 0 Å². The predicted molar refractivity (Wildman–Crippen MR) is 112 cm³/mol. The van der Waals surface area contributed by atoms with Gasteiger partial charge in [0.25, 0.3) is 0 Å². The number of hydrogen-bond donors (Lipinski definition) is 2. The average molecular weight is 449 g/mol. The third kappa shape index (κ3) is 3.92. The molecule has 0 radical (unpaired) electrons. The number of nitrogens with one attached hydrogen (secondary N) is 1. The van der Waals surface area contributed by atoms with Crippen molar-refractivity contribution < 1.29 is 4.74 Å². The summed E-state index contributed by atoms with van der Waals surface area (Å²) in [6, 6.07) is 17.0. The van der Waals surface area contributed by atoms with Gasteiger partial charge in [-0.3, -0.25) is 4.99 Å². The highest BCUT2D eigenvalue weighted by Gasteiger charge is 2.23. The standard InChI is InChI=1S/C20H23N3O.HI/c21-20(22-13-15-10-9-14-5-1-2-6-16(14)15)23-18-11-12-24-19-8-4-3-7-17(18)19;/h1-8,15,18H,9-13H2,(H3,21,22,23);1H. The lowest BCUT2D eigenvalue weighted by Crippen LogP contribution is -2.37. The Labute approximate surface area is 165 Å². The van der Waals surface area contributed by atoms with E-state index in [0.29, 0.717) is 18.5 Å². The topological polar surface area (TPSA) is 59.6 Å². The van der Waals surface area contributed by atoms with Crippen LogP contribution < -0.4 is 15.8 Å².